The van der Waals surface area contributed by atoms with Gasteiger partial charge in [-0.1, -0.05) is 18.2 Å². The molecule has 2 aromatic rings. The van der Waals surface area contributed by atoms with Crippen LogP contribution in [0.5, 0.6) is 0 Å². The minimum atomic E-state index is -0.530. The van der Waals surface area contributed by atoms with E-state index in [1.807, 2.05) is 19.1 Å². The Labute approximate surface area is 143 Å². The van der Waals surface area contributed by atoms with E-state index >= 15 is 0 Å². The monoisotopic (exact) mass is 340 g/mol. The molecule has 0 saturated heterocycles. The van der Waals surface area contributed by atoms with Crippen molar-refractivity contribution in [2.24, 2.45) is 0 Å². The Morgan fingerprint density at radius 3 is 2.88 bits per heavy atom. The number of anilines is 1. The van der Waals surface area contributed by atoms with Crippen molar-refractivity contribution in [2.75, 3.05) is 11.9 Å². The predicted molar refractivity (Wildman–Crippen MR) is 91.2 cm³/mol. The number of rotatable bonds is 4. The van der Waals surface area contributed by atoms with Crippen molar-refractivity contribution in [2.45, 2.75) is 26.2 Å². The first kappa shape index (κ1) is 16.2. The number of esters is 1. The van der Waals surface area contributed by atoms with E-state index in [2.05, 4.69) is 11.4 Å². The first-order valence-electron chi connectivity index (χ1n) is 7.67. The topological polar surface area (TPSA) is 79.2 Å². The van der Waals surface area contributed by atoms with Gasteiger partial charge in [0.2, 0.25) is 0 Å². The molecule has 0 saturated carbocycles. The summed E-state index contributed by atoms with van der Waals surface area (Å²) >= 11 is 1.44. The first-order valence-corrected chi connectivity index (χ1v) is 8.49. The van der Waals surface area contributed by atoms with Gasteiger partial charge in [-0.25, -0.2) is 4.79 Å². The number of fused-ring (bicyclic) bond motifs is 1. The van der Waals surface area contributed by atoms with Gasteiger partial charge in [0.15, 0.2) is 6.61 Å². The molecular formula is C18H16N2O3S. The molecule has 24 heavy (non-hydrogen) atoms. The second-order valence-electron chi connectivity index (χ2n) is 5.61. The van der Waals surface area contributed by atoms with Crippen LogP contribution in [0.4, 0.5) is 5.00 Å². The van der Waals surface area contributed by atoms with E-state index in [-0.39, 0.29) is 6.61 Å². The summed E-state index contributed by atoms with van der Waals surface area (Å²) in [6, 6.07) is 9.21. The molecule has 0 bridgehead atoms. The number of amides is 1. The number of hydrogen-bond donors (Lipinski definition) is 1. The van der Waals surface area contributed by atoms with E-state index in [1.54, 1.807) is 12.1 Å². The van der Waals surface area contributed by atoms with Crippen molar-refractivity contribution in [3.05, 3.63) is 51.4 Å². The Morgan fingerprint density at radius 2 is 2.12 bits per heavy atom. The van der Waals surface area contributed by atoms with Crippen LogP contribution < -0.4 is 5.32 Å². The molecule has 1 aliphatic rings. The van der Waals surface area contributed by atoms with Crippen molar-refractivity contribution in [1.82, 2.24) is 0 Å². The van der Waals surface area contributed by atoms with Crippen molar-refractivity contribution in [3.63, 3.8) is 0 Å². The lowest BCUT2D eigenvalue weighted by Gasteiger charge is -2.07. The zero-order chi connectivity index (χ0) is 17.1. The summed E-state index contributed by atoms with van der Waals surface area (Å²) in [4.78, 5) is 25.2. The number of benzene rings is 1. The van der Waals surface area contributed by atoms with E-state index in [4.69, 9.17) is 4.74 Å². The van der Waals surface area contributed by atoms with Crippen LogP contribution in [0.15, 0.2) is 24.3 Å². The minimum absolute atomic E-state index is 0.374. The molecule has 1 aromatic heterocycles. The highest BCUT2D eigenvalue weighted by Gasteiger charge is 2.23. The minimum Gasteiger partial charge on any atom is -0.452 e. The lowest BCUT2D eigenvalue weighted by molar-refractivity contribution is -0.119. The average Bonchev–Trinajstić information content (AvgIpc) is 3.13. The molecule has 0 aliphatic heterocycles. The van der Waals surface area contributed by atoms with Crippen molar-refractivity contribution < 1.29 is 14.3 Å². The first-order chi connectivity index (χ1) is 11.6. The lowest BCUT2D eigenvalue weighted by atomic mass is 10.1. The molecule has 1 aliphatic carbocycles. The molecule has 1 aromatic carbocycles. The van der Waals surface area contributed by atoms with Gasteiger partial charge >= 0.3 is 5.97 Å². The molecule has 1 heterocycles. The van der Waals surface area contributed by atoms with Gasteiger partial charge in [0, 0.05) is 4.88 Å². The third kappa shape index (κ3) is 3.17. The van der Waals surface area contributed by atoms with E-state index in [0.717, 1.165) is 30.4 Å². The second-order valence-corrected chi connectivity index (χ2v) is 6.72. The molecule has 1 N–H and O–H groups in total. The van der Waals surface area contributed by atoms with Gasteiger partial charge in [0.1, 0.15) is 11.1 Å². The molecule has 0 unspecified atom stereocenters. The van der Waals surface area contributed by atoms with Gasteiger partial charge in [-0.2, -0.15) is 5.26 Å². The van der Waals surface area contributed by atoms with Crippen LogP contribution in [0, 0.1) is 18.3 Å². The number of nitrogens with one attached hydrogen (secondary N) is 1. The zero-order valence-corrected chi connectivity index (χ0v) is 14.0. The Bertz CT molecular complexity index is 848. The summed E-state index contributed by atoms with van der Waals surface area (Å²) in [6.07, 6.45) is 2.89. The number of ether oxygens (including phenoxy) is 1. The predicted octanol–water partition coefficient (Wildman–Crippen LogP) is 3.21. The van der Waals surface area contributed by atoms with Crippen LogP contribution in [-0.2, 0) is 22.4 Å². The van der Waals surface area contributed by atoms with Gasteiger partial charge in [0.25, 0.3) is 5.91 Å². The molecule has 5 nitrogen and oxygen atoms in total. The Morgan fingerprint density at radius 1 is 1.33 bits per heavy atom. The molecule has 0 radical (unpaired) electrons. The Hall–Kier alpha value is -2.65. The molecule has 0 atom stereocenters. The number of carbonyl (C=O) groups excluding carboxylic acids is 2. The smallest absolute Gasteiger partial charge is 0.338 e. The summed E-state index contributed by atoms with van der Waals surface area (Å²) in [5.41, 5.74) is 2.84. The van der Waals surface area contributed by atoms with E-state index in [1.165, 1.54) is 16.2 Å². The highest BCUT2D eigenvalue weighted by Crippen LogP contribution is 2.38. The van der Waals surface area contributed by atoms with E-state index in [0.29, 0.717) is 16.1 Å². The van der Waals surface area contributed by atoms with Crippen LogP contribution in [-0.4, -0.2) is 18.5 Å². The molecule has 0 fully saturated rings. The van der Waals surface area contributed by atoms with Gasteiger partial charge in [0.05, 0.1) is 11.1 Å². The Kier molecular flexibility index (Phi) is 4.63. The van der Waals surface area contributed by atoms with Crippen molar-refractivity contribution in [3.8, 4) is 6.07 Å². The number of thiophene rings is 1. The maximum atomic E-state index is 12.0. The number of nitriles is 1. The normalized spacial score (nSPS) is 12.3. The summed E-state index contributed by atoms with van der Waals surface area (Å²) in [6.45, 7) is 1.43. The number of hydrogen-bond acceptors (Lipinski definition) is 5. The van der Waals surface area contributed by atoms with Gasteiger partial charge in [-0.05, 0) is 43.4 Å². The summed E-state index contributed by atoms with van der Waals surface area (Å²) < 4.78 is 5.06. The average molecular weight is 340 g/mol. The second kappa shape index (κ2) is 6.85. The molecule has 1 amide bonds. The molecule has 122 valence electrons. The van der Waals surface area contributed by atoms with Crippen molar-refractivity contribution in [1.29, 1.82) is 5.26 Å². The standard InChI is InChI=1S/C18H16N2O3S/c1-11-5-2-3-6-12(11)18(22)23-10-16(21)20-17-14(9-19)13-7-4-8-15(13)24-17/h2-3,5-6H,4,7-8,10H2,1H3,(H,20,21). The van der Waals surface area contributed by atoms with Crippen LogP contribution in [0.3, 0.4) is 0 Å². The van der Waals surface area contributed by atoms with Gasteiger partial charge < -0.3 is 10.1 Å². The van der Waals surface area contributed by atoms with Crippen LogP contribution in [0.25, 0.3) is 0 Å². The molecule has 3 rings (SSSR count). The molecule has 6 heteroatoms. The van der Waals surface area contributed by atoms with Gasteiger partial charge in [-0.15, -0.1) is 11.3 Å². The SMILES string of the molecule is Cc1ccccc1C(=O)OCC(=O)Nc1sc2c(c1C#N)CCC2. The number of carbonyl (C=O) groups is 2. The van der Waals surface area contributed by atoms with E-state index in [9.17, 15) is 14.9 Å². The summed E-state index contributed by atoms with van der Waals surface area (Å²) in [7, 11) is 0. The van der Waals surface area contributed by atoms with Crippen LogP contribution in [0.1, 0.15) is 38.3 Å². The highest BCUT2D eigenvalue weighted by molar-refractivity contribution is 7.16. The maximum absolute atomic E-state index is 12.0. The van der Waals surface area contributed by atoms with Gasteiger partial charge in [-0.3, -0.25) is 4.79 Å². The third-order valence-corrected chi connectivity index (χ3v) is 5.19. The fourth-order valence-electron chi connectivity index (χ4n) is 2.78. The zero-order valence-electron chi connectivity index (χ0n) is 13.2. The maximum Gasteiger partial charge on any atom is 0.338 e. The Balaban J connectivity index is 1.62. The van der Waals surface area contributed by atoms with Crippen LogP contribution >= 0.6 is 11.3 Å². The van der Waals surface area contributed by atoms with E-state index < -0.39 is 11.9 Å². The number of nitrogens with zero attached hydrogens (tertiary/aromatic N) is 1. The number of aryl methyl sites for hydroxylation is 2. The fraction of sp³-hybridized carbons (Fsp3) is 0.278. The summed E-state index contributed by atoms with van der Waals surface area (Å²) in [5.74, 6) is -0.967. The highest BCUT2D eigenvalue weighted by atomic mass is 32.1. The van der Waals surface area contributed by atoms with Crippen molar-refractivity contribution >= 4 is 28.2 Å². The molecular weight excluding hydrogens is 324 g/mol. The van der Waals surface area contributed by atoms with Crippen LogP contribution in [0.2, 0.25) is 0 Å². The lowest BCUT2D eigenvalue weighted by Crippen LogP contribution is -2.21. The fourth-order valence-corrected chi connectivity index (χ4v) is 4.04. The third-order valence-electron chi connectivity index (χ3n) is 3.99. The molecule has 0 spiro atoms. The quantitative estimate of drug-likeness (QED) is 0.867. The largest absolute Gasteiger partial charge is 0.452 e. The summed E-state index contributed by atoms with van der Waals surface area (Å²) in [5, 5.41) is 12.5.